The Kier molecular flexibility index (Phi) is 10.4. The molecule has 1 fully saturated rings. The topological polar surface area (TPSA) is 95.9 Å². The number of rotatable bonds is 12. The second-order valence-electron chi connectivity index (χ2n) is 6.91. The molecule has 0 saturated carbocycles. The molecule has 0 unspecified atom stereocenters. The molecule has 0 aromatic rings. The molecule has 7 nitrogen and oxygen atoms in total. The van der Waals surface area contributed by atoms with Gasteiger partial charge in [-0.15, -0.1) is 13.2 Å². The Bertz CT molecular complexity index is 534. The maximum absolute atomic E-state index is 12.5. The molecule has 0 bridgehead atoms. The highest BCUT2D eigenvalue weighted by atomic mass is 16.5. The molecule has 0 aromatic heterocycles. The molecule has 1 rings (SSSR count). The standard InChI is InChI=1S/C20H32N2O5/c1-4-6-10-19(25)27-14-15(3)21-20(26)16(8-5-2)12-18(24)22-11-7-9-17(22)13-23/h4-5,15-17,23H,1-2,6-14H2,3H3,(H,21,26)/t15-,16+,17-/m0/s1. The summed E-state index contributed by atoms with van der Waals surface area (Å²) in [5, 5.41) is 12.2. The van der Waals surface area contributed by atoms with E-state index in [1.54, 1.807) is 24.0 Å². The maximum Gasteiger partial charge on any atom is 0.306 e. The van der Waals surface area contributed by atoms with Gasteiger partial charge in [0.05, 0.1) is 24.6 Å². The molecule has 3 atom stereocenters. The Morgan fingerprint density at radius 1 is 1.33 bits per heavy atom. The molecule has 0 radical (unpaired) electrons. The van der Waals surface area contributed by atoms with Crippen molar-refractivity contribution < 1.29 is 24.2 Å². The fraction of sp³-hybridized carbons (Fsp3) is 0.650. The molecule has 1 aliphatic rings. The molecule has 7 heteroatoms. The Morgan fingerprint density at radius 2 is 2.07 bits per heavy atom. The minimum Gasteiger partial charge on any atom is -0.463 e. The van der Waals surface area contributed by atoms with Gasteiger partial charge in [0.2, 0.25) is 11.8 Å². The fourth-order valence-corrected chi connectivity index (χ4v) is 3.08. The molecule has 0 aromatic carbocycles. The zero-order valence-electron chi connectivity index (χ0n) is 16.2. The van der Waals surface area contributed by atoms with E-state index in [1.165, 1.54) is 0 Å². The van der Waals surface area contributed by atoms with E-state index in [0.717, 1.165) is 12.8 Å². The van der Waals surface area contributed by atoms with Gasteiger partial charge in [0.1, 0.15) is 6.61 Å². The van der Waals surface area contributed by atoms with Crippen molar-refractivity contribution in [2.45, 2.75) is 57.5 Å². The van der Waals surface area contributed by atoms with E-state index < -0.39 is 5.92 Å². The number of nitrogens with one attached hydrogen (secondary N) is 1. The molecular formula is C20H32N2O5. The van der Waals surface area contributed by atoms with Crippen LogP contribution in [0.25, 0.3) is 0 Å². The zero-order chi connectivity index (χ0) is 20.2. The van der Waals surface area contributed by atoms with Crippen LogP contribution < -0.4 is 5.32 Å². The smallest absolute Gasteiger partial charge is 0.306 e. The monoisotopic (exact) mass is 380 g/mol. The number of esters is 1. The van der Waals surface area contributed by atoms with Gasteiger partial charge >= 0.3 is 5.97 Å². The second kappa shape index (κ2) is 12.3. The van der Waals surface area contributed by atoms with Crippen LogP contribution in [-0.2, 0) is 19.1 Å². The van der Waals surface area contributed by atoms with Gasteiger partial charge in [-0.3, -0.25) is 14.4 Å². The van der Waals surface area contributed by atoms with E-state index in [0.29, 0.717) is 19.4 Å². The van der Waals surface area contributed by atoms with E-state index in [4.69, 9.17) is 4.74 Å². The lowest BCUT2D eigenvalue weighted by Gasteiger charge is -2.25. The van der Waals surface area contributed by atoms with Gasteiger partial charge in [-0.2, -0.15) is 0 Å². The summed E-state index contributed by atoms with van der Waals surface area (Å²) in [6.07, 6.45) is 6.17. The molecule has 1 heterocycles. The Morgan fingerprint density at radius 3 is 2.70 bits per heavy atom. The Labute approximate surface area is 161 Å². The molecule has 0 spiro atoms. The summed E-state index contributed by atoms with van der Waals surface area (Å²) in [7, 11) is 0. The first-order chi connectivity index (χ1) is 12.9. The van der Waals surface area contributed by atoms with Crippen molar-refractivity contribution in [1.29, 1.82) is 0 Å². The number of likely N-dealkylation sites (tertiary alicyclic amines) is 1. The van der Waals surface area contributed by atoms with Crippen LogP contribution in [0, 0.1) is 5.92 Å². The van der Waals surface area contributed by atoms with Gasteiger partial charge in [-0.1, -0.05) is 12.2 Å². The predicted molar refractivity (Wildman–Crippen MR) is 103 cm³/mol. The van der Waals surface area contributed by atoms with Gasteiger partial charge in [-0.05, 0) is 32.6 Å². The highest BCUT2D eigenvalue weighted by Gasteiger charge is 2.31. The quantitative estimate of drug-likeness (QED) is 0.396. The van der Waals surface area contributed by atoms with Crippen LogP contribution in [-0.4, -0.2) is 59.6 Å². The van der Waals surface area contributed by atoms with Crippen LogP contribution in [0.5, 0.6) is 0 Å². The van der Waals surface area contributed by atoms with Gasteiger partial charge in [0.25, 0.3) is 0 Å². The van der Waals surface area contributed by atoms with Crippen molar-refractivity contribution >= 4 is 17.8 Å². The van der Waals surface area contributed by atoms with Crippen LogP contribution in [0.4, 0.5) is 0 Å². The number of hydrogen-bond acceptors (Lipinski definition) is 5. The van der Waals surface area contributed by atoms with Gasteiger partial charge in [0.15, 0.2) is 0 Å². The summed E-state index contributed by atoms with van der Waals surface area (Å²) in [5.74, 6) is -1.26. The molecule has 152 valence electrons. The van der Waals surface area contributed by atoms with Gasteiger partial charge in [-0.25, -0.2) is 0 Å². The van der Waals surface area contributed by atoms with Gasteiger partial charge < -0.3 is 20.1 Å². The number of allylic oxidation sites excluding steroid dienone is 2. The molecule has 2 N–H and O–H groups in total. The van der Waals surface area contributed by atoms with Crippen LogP contribution >= 0.6 is 0 Å². The van der Waals surface area contributed by atoms with Gasteiger partial charge in [0, 0.05) is 19.4 Å². The van der Waals surface area contributed by atoms with Crippen LogP contribution in [0.1, 0.15) is 45.4 Å². The van der Waals surface area contributed by atoms with E-state index in [-0.39, 0.29) is 55.9 Å². The van der Waals surface area contributed by atoms with E-state index in [2.05, 4.69) is 18.5 Å². The first-order valence-corrected chi connectivity index (χ1v) is 9.51. The maximum atomic E-state index is 12.5. The summed E-state index contributed by atoms with van der Waals surface area (Å²) < 4.78 is 5.11. The highest BCUT2D eigenvalue weighted by molar-refractivity contribution is 5.86. The fourth-order valence-electron chi connectivity index (χ4n) is 3.08. The van der Waals surface area contributed by atoms with Crippen molar-refractivity contribution in [3.8, 4) is 0 Å². The number of hydrogen-bond donors (Lipinski definition) is 2. The highest BCUT2D eigenvalue weighted by Crippen LogP contribution is 2.20. The third-order valence-corrected chi connectivity index (χ3v) is 4.59. The Hall–Kier alpha value is -2.15. The average molecular weight is 380 g/mol. The summed E-state index contributed by atoms with van der Waals surface area (Å²) in [6.45, 7) is 9.59. The van der Waals surface area contributed by atoms with Crippen molar-refractivity contribution in [2.75, 3.05) is 19.8 Å². The summed E-state index contributed by atoms with van der Waals surface area (Å²) in [5.41, 5.74) is 0. The van der Waals surface area contributed by atoms with Crippen LogP contribution in [0.2, 0.25) is 0 Å². The molecule has 27 heavy (non-hydrogen) atoms. The number of aliphatic hydroxyl groups excluding tert-OH is 1. The summed E-state index contributed by atoms with van der Waals surface area (Å²) in [4.78, 5) is 38.2. The number of carbonyl (C=O) groups is 3. The van der Waals surface area contributed by atoms with Crippen molar-refractivity contribution in [3.05, 3.63) is 25.3 Å². The number of amides is 2. The molecule has 2 amide bonds. The predicted octanol–water partition coefficient (Wildman–Crippen LogP) is 1.57. The van der Waals surface area contributed by atoms with E-state index in [1.807, 2.05) is 0 Å². The van der Waals surface area contributed by atoms with Crippen LogP contribution in [0.15, 0.2) is 25.3 Å². The third-order valence-electron chi connectivity index (χ3n) is 4.59. The number of ether oxygens (including phenoxy) is 1. The molecule has 1 aliphatic heterocycles. The molecular weight excluding hydrogens is 348 g/mol. The lowest BCUT2D eigenvalue weighted by Crippen LogP contribution is -2.43. The SMILES string of the molecule is C=CCCC(=O)OC[C@H](C)NC(=O)[C@H](CC=C)CC(=O)N1CCC[C@H]1CO. The normalized spacial score (nSPS) is 18.4. The van der Waals surface area contributed by atoms with Crippen LogP contribution in [0.3, 0.4) is 0 Å². The lowest BCUT2D eigenvalue weighted by molar-refractivity contribution is -0.145. The van der Waals surface area contributed by atoms with Crippen molar-refractivity contribution in [1.82, 2.24) is 10.2 Å². The van der Waals surface area contributed by atoms with E-state index in [9.17, 15) is 19.5 Å². The van der Waals surface area contributed by atoms with E-state index >= 15 is 0 Å². The number of carbonyl (C=O) groups excluding carboxylic acids is 3. The van der Waals surface area contributed by atoms with Crippen molar-refractivity contribution in [2.24, 2.45) is 5.92 Å². The summed E-state index contributed by atoms with van der Waals surface area (Å²) >= 11 is 0. The number of aliphatic hydroxyl groups is 1. The third kappa shape index (κ3) is 7.95. The Balaban J connectivity index is 2.51. The first kappa shape index (κ1) is 22.9. The second-order valence-corrected chi connectivity index (χ2v) is 6.91. The largest absolute Gasteiger partial charge is 0.463 e. The summed E-state index contributed by atoms with van der Waals surface area (Å²) in [6, 6.07) is -0.511. The first-order valence-electron chi connectivity index (χ1n) is 9.51. The minimum absolute atomic E-state index is 0.0572. The van der Waals surface area contributed by atoms with Crippen molar-refractivity contribution in [3.63, 3.8) is 0 Å². The average Bonchev–Trinajstić information content (AvgIpc) is 3.13. The molecule has 1 saturated heterocycles. The minimum atomic E-state index is -0.533. The number of nitrogens with zero attached hydrogens (tertiary/aromatic N) is 1. The molecule has 0 aliphatic carbocycles. The lowest BCUT2D eigenvalue weighted by atomic mass is 9.99. The zero-order valence-corrected chi connectivity index (χ0v) is 16.2.